The quantitative estimate of drug-likeness (QED) is 0.718. The fourth-order valence-corrected chi connectivity index (χ4v) is 1.67. The van der Waals surface area contributed by atoms with Gasteiger partial charge in [0.15, 0.2) is 0 Å². The van der Waals surface area contributed by atoms with Crippen LogP contribution in [0.3, 0.4) is 0 Å². The van der Waals surface area contributed by atoms with Gasteiger partial charge in [-0.1, -0.05) is 19.9 Å². The van der Waals surface area contributed by atoms with Gasteiger partial charge in [-0.15, -0.1) is 0 Å². The molecule has 102 valence electrons. The largest absolute Gasteiger partial charge is 0.381 e. The van der Waals surface area contributed by atoms with E-state index in [0.717, 1.165) is 37.3 Å². The molecule has 1 N–H and O–H groups in total. The normalized spacial score (nSPS) is 11.2. The van der Waals surface area contributed by atoms with E-state index in [0.29, 0.717) is 12.5 Å². The summed E-state index contributed by atoms with van der Waals surface area (Å²) in [5, 5.41) is 3.31. The molecule has 1 aromatic carbocycles. The van der Waals surface area contributed by atoms with Gasteiger partial charge in [0.05, 0.1) is 0 Å². The second-order valence-electron chi connectivity index (χ2n) is 5.07. The van der Waals surface area contributed by atoms with Crippen LogP contribution in [-0.4, -0.2) is 19.8 Å². The van der Waals surface area contributed by atoms with Gasteiger partial charge in [0.25, 0.3) is 0 Å². The molecule has 0 saturated carbocycles. The molecule has 0 aromatic heterocycles. The van der Waals surface area contributed by atoms with Gasteiger partial charge < -0.3 is 10.1 Å². The maximum atomic E-state index is 13.1. The Morgan fingerprint density at radius 2 is 2.11 bits per heavy atom. The number of benzene rings is 1. The van der Waals surface area contributed by atoms with Crippen molar-refractivity contribution < 1.29 is 9.13 Å². The summed E-state index contributed by atoms with van der Waals surface area (Å²) in [5.41, 5.74) is 2.15. The zero-order valence-corrected chi connectivity index (χ0v) is 11.6. The van der Waals surface area contributed by atoms with Crippen LogP contribution in [0.1, 0.15) is 31.4 Å². The molecular formula is C15H24FNO. The third-order valence-electron chi connectivity index (χ3n) is 2.72. The molecule has 0 aliphatic carbocycles. The van der Waals surface area contributed by atoms with E-state index in [1.807, 2.05) is 13.0 Å². The van der Waals surface area contributed by atoms with Crippen molar-refractivity contribution in [2.24, 2.45) is 5.92 Å². The van der Waals surface area contributed by atoms with Crippen LogP contribution in [0, 0.1) is 18.7 Å². The first-order chi connectivity index (χ1) is 8.59. The smallest absolute Gasteiger partial charge is 0.123 e. The van der Waals surface area contributed by atoms with E-state index in [1.165, 1.54) is 6.07 Å². The number of ether oxygens (including phenoxy) is 1. The number of aryl methyl sites for hydroxylation is 1. The molecule has 0 aliphatic rings. The Balaban J connectivity index is 2.12. The highest BCUT2D eigenvalue weighted by Gasteiger charge is 2.00. The Morgan fingerprint density at radius 1 is 1.33 bits per heavy atom. The summed E-state index contributed by atoms with van der Waals surface area (Å²) in [6.45, 7) is 9.51. The van der Waals surface area contributed by atoms with Crippen LogP contribution in [0.25, 0.3) is 0 Å². The SMILES string of the molecule is Cc1ccc(F)cc1CNCCCOCC(C)C. The number of halogens is 1. The first-order valence-electron chi connectivity index (χ1n) is 6.63. The molecule has 0 atom stereocenters. The van der Waals surface area contributed by atoms with Gasteiger partial charge in [0, 0.05) is 19.8 Å². The van der Waals surface area contributed by atoms with E-state index in [-0.39, 0.29) is 5.82 Å². The predicted octanol–water partition coefficient (Wildman–Crippen LogP) is 3.29. The third-order valence-corrected chi connectivity index (χ3v) is 2.72. The number of hydrogen-bond acceptors (Lipinski definition) is 2. The Hall–Kier alpha value is -0.930. The summed E-state index contributed by atoms with van der Waals surface area (Å²) >= 11 is 0. The topological polar surface area (TPSA) is 21.3 Å². The second-order valence-corrected chi connectivity index (χ2v) is 5.07. The van der Waals surface area contributed by atoms with E-state index < -0.39 is 0 Å². The van der Waals surface area contributed by atoms with E-state index in [4.69, 9.17) is 4.74 Å². The highest BCUT2D eigenvalue weighted by Crippen LogP contribution is 2.09. The van der Waals surface area contributed by atoms with E-state index in [2.05, 4.69) is 19.2 Å². The van der Waals surface area contributed by atoms with E-state index in [9.17, 15) is 4.39 Å². The van der Waals surface area contributed by atoms with Crippen molar-refractivity contribution in [2.75, 3.05) is 19.8 Å². The predicted molar refractivity (Wildman–Crippen MR) is 73.1 cm³/mol. The molecule has 0 radical (unpaired) electrons. The van der Waals surface area contributed by atoms with Crippen molar-refractivity contribution in [3.05, 3.63) is 35.1 Å². The van der Waals surface area contributed by atoms with Crippen LogP contribution in [0.15, 0.2) is 18.2 Å². The Morgan fingerprint density at radius 3 is 2.83 bits per heavy atom. The molecule has 0 unspecified atom stereocenters. The van der Waals surface area contributed by atoms with Crippen LogP contribution in [0.5, 0.6) is 0 Å². The fourth-order valence-electron chi connectivity index (χ4n) is 1.67. The zero-order valence-electron chi connectivity index (χ0n) is 11.6. The Labute approximate surface area is 110 Å². The third kappa shape index (κ3) is 6.12. The van der Waals surface area contributed by atoms with Crippen molar-refractivity contribution in [3.63, 3.8) is 0 Å². The number of nitrogens with one attached hydrogen (secondary N) is 1. The molecule has 0 aliphatic heterocycles. The van der Waals surface area contributed by atoms with Crippen LogP contribution in [0.2, 0.25) is 0 Å². The molecule has 2 nitrogen and oxygen atoms in total. The molecule has 0 fully saturated rings. The highest BCUT2D eigenvalue weighted by atomic mass is 19.1. The van der Waals surface area contributed by atoms with Crippen LogP contribution in [0.4, 0.5) is 4.39 Å². The lowest BCUT2D eigenvalue weighted by Gasteiger charge is -2.09. The zero-order chi connectivity index (χ0) is 13.4. The molecule has 0 amide bonds. The monoisotopic (exact) mass is 253 g/mol. The lowest BCUT2D eigenvalue weighted by molar-refractivity contribution is 0.108. The van der Waals surface area contributed by atoms with Gasteiger partial charge in [-0.05, 0) is 49.1 Å². The van der Waals surface area contributed by atoms with Crippen molar-refractivity contribution in [3.8, 4) is 0 Å². The van der Waals surface area contributed by atoms with Crippen molar-refractivity contribution in [1.29, 1.82) is 0 Å². The number of hydrogen-bond donors (Lipinski definition) is 1. The maximum absolute atomic E-state index is 13.1. The average molecular weight is 253 g/mol. The van der Waals surface area contributed by atoms with E-state index in [1.54, 1.807) is 6.07 Å². The van der Waals surface area contributed by atoms with Crippen molar-refractivity contribution >= 4 is 0 Å². The van der Waals surface area contributed by atoms with Gasteiger partial charge in [-0.2, -0.15) is 0 Å². The summed E-state index contributed by atoms with van der Waals surface area (Å²) in [6, 6.07) is 4.91. The molecule has 18 heavy (non-hydrogen) atoms. The summed E-state index contributed by atoms with van der Waals surface area (Å²) in [5.74, 6) is 0.422. The average Bonchev–Trinajstić information content (AvgIpc) is 2.32. The minimum Gasteiger partial charge on any atom is -0.381 e. The van der Waals surface area contributed by atoms with Crippen LogP contribution in [-0.2, 0) is 11.3 Å². The molecule has 3 heteroatoms. The van der Waals surface area contributed by atoms with Gasteiger partial charge in [-0.3, -0.25) is 0 Å². The molecule has 1 aromatic rings. The maximum Gasteiger partial charge on any atom is 0.123 e. The summed E-state index contributed by atoms with van der Waals surface area (Å²) in [4.78, 5) is 0. The van der Waals surface area contributed by atoms with Crippen molar-refractivity contribution in [2.45, 2.75) is 33.7 Å². The van der Waals surface area contributed by atoms with E-state index >= 15 is 0 Å². The van der Waals surface area contributed by atoms with Gasteiger partial charge in [0.2, 0.25) is 0 Å². The van der Waals surface area contributed by atoms with Gasteiger partial charge in [0.1, 0.15) is 5.82 Å². The van der Waals surface area contributed by atoms with Crippen LogP contribution >= 0.6 is 0 Å². The number of rotatable bonds is 8. The standard InChI is InChI=1S/C15H24FNO/c1-12(2)11-18-8-4-7-17-10-14-9-15(16)6-5-13(14)3/h5-6,9,12,17H,4,7-8,10-11H2,1-3H3. The lowest BCUT2D eigenvalue weighted by Crippen LogP contribution is -2.17. The summed E-state index contributed by atoms with van der Waals surface area (Å²) < 4.78 is 18.5. The Kier molecular flexibility index (Phi) is 6.91. The second kappa shape index (κ2) is 8.22. The highest BCUT2D eigenvalue weighted by molar-refractivity contribution is 5.26. The molecular weight excluding hydrogens is 229 g/mol. The minimum absolute atomic E-state index is 0.169. The first-order valence-corrected chi connectivity index (χ1v) is 6.63. The molecule has 1 rings (SSSR count). The molecule has 0 bridgehead atoms. The van der Waals surface area contributed by atoms with Crippen molar-refractivity contribution in [1.82, 2.24) is 5.32 Å². The Bertz CT molecular complexity index is 352. The van der Waals surface area contributed by atoms with Gasteiger partial charge >= 0.3 is 0 Å². The van der Waals surface area contributed by atoms with Crippen LogP contribution < -0.4 is 5.32 Å². The fraction of sp³-hybridized carbons (Fsp3) is 0.600. The molecule has 0 heterocycles. The first kappa shape index (κ1) is 15.1. The molecule has 0 saturated heterocycles. The minimum atomic E-state index is -0.169. The van der Waals surface area contributed by atoms with Gasteiger partial charge in [-0.25, -0.2) is 4.39 Å². The lowest BCUT2D eigenvalue weighted by atomic mass is 10.1. The summed E-state index contributed by atoms with van der Waals surface area (Å²) in [6.07, 6.45) is 0.987. The summed E-state index contributed by atoms with van der Waals surface area (Å²) in [7, 11) is 0. The molecule has 0 spiro atoms.